The SMILES string of the molecule is CCN(CC)C(CNC(=O)CCc1ccc(S(=O)(=O)NC)cc1)c1ccccc1Cl. The molecule has 0 aromatic heterocycles. The number of hydrogen-bond donors (Lipinski definition) is 2. The fraction of sp³-hybridized carbons (Fsp3) is 0.409. The molecule has 164 valence electrons. The van der Waals surface area contributed by atoms with Crippen LogP contribution < -0.4 is 10.0 Å². The minimum atomic E-state index is -3.45. The van der Waals surface area contributed by atoms with Crippen LogP contribution in [-0.4, -0.2) is 45.9 Å². The predicted octanol–water partition coefficient (Wildman–Crippen LogP) is 3.38. The topological polar surface area (TPSA) is 78.5 Å². The third-order valence-electron chi connectivity index (χ3n) is 5.15. The monoisotopic (exact) mass is 451 g/mol. The number of rotatable bonds is 11. The van der Waals surface area contributed by atoms with Crippen LogP contribution in [-0.2, 0) is 21.2 Å². The van der Waals surface area contributed by atoms with Crippen LogP contribution in [0.5, 0.6) is 0 Å². The van der Waals surface area contributed by atoms with Gasteiger partial charge in [0.1, 0.15) is 0 Å². The summed E-state index contributed by atoms with van der Waals surface area (Å²) >= 11 is 6.40. The van der Waals surface area contributed by atoms with Gasteiger partial charge in [0.05, 0.1) is 10.9 Å². The Morgan fingerprint density at radius 2 is 1.70 bits per heavy atom. The highest BCUT2D eigenvalue weighted by Crippen LogP contribution is 2.27. The standard InChI is InChI=1S/C22H30ClN3O3S/c1-4-26(5-2)21(19-8-6-7-9-20(19)23)16-25-22(27)15-12-17-10-13-18(14-11-17)30(28,29)24-3/h6-11,13-14,21,24H,4-5,12,15-16H2,1-3H3,(H,25,27). The van der Waals surface area contributed by atoms with Gasteiger partial charge in [-0.15, -0.1) is 0 Å². The maximum Gasteiger partial charge on any atom is 0.240 e. The van der Waals surface area contributed by atoms with Crippen molar-refractivity contribution in [3.8, 4) is 0 Å². The van der Waals surface area contributed by atoms with Gasteiger partial charge in [-0.2, -0.15) is 0 Å². The lowest BCUT2D eigenvalue weighted by Crippen LogP contribution is -2.38. The van der Waals surface area contributed by atoms with E-state index in [0.29, 0.717) is 24.4 Å². The van der Waals surface area contributed by atoms with Crippen molar-refractivity contribution in [1.29, 1.82) is 0 Å². The first-order chi connectivity index (χ1) is 14.3. The summed E-state index contributed by atoms with van der Waals surface area (Å²) in [4.78, 5) is 14.9. The Balaban J connectivity index is 1.97. The van der Waals surface area contributed by atoms with Gasteiger partial charge in [-0.1, -0.05) is 55.8 Å². The second-order valence-corrected chi connectivity index (χ2v) is 9.21. The fourth-order valence-corrected chi connectivity index (χ4v) is 4.35. The minimum absolute atomic E-state index is 0.00341. The first kappa shape index (κ1) is 24.3. The third-order valence-corrected chi connectivity index (χ3v) is 6.93. The zero-order valence-electron chi connectivity index (χ0n) is 17.7. The average molecular weight is 452 g/mol. The van der Waals surface area contributed by atoms with Crippen LogP contribution in [0, 0.1) is 0 Å². The molecule has 0 saturated heterocycles. The highest BCUT2D eigenvalue weighted by Gasteiger charge is 2.21. The Bertz CT molecular complexity index is 929. The van der Waals surface area contributed by atoms with Crippen LogP contribution in [0.3, 0.4) is 0 Å². The van der Waals surface area contributed by atoms with E-state index in [1.165, 1.54) is 7.05 Å². The maximum absolute atomic E-state index is 12.4. The van der Waals surface area contributed by atoms with Gasteiger partial charge in [0.2, 0.25) is 15.9 Å². The molecule has 0 spiro atoms. The smallest absolute Gasteiger partial charge is 0.240 e. The summed E-state index contributed by atoms with van der Waals surface area (Å²) in [5.41, 5.74) is 1.91. The van der Waals surface area contributed by atoms with Gasteiger partial charge in [0.15, 0.2) is 0 Å². The molecule has 2 aromatic rings. The van der Waals surface area contributed by atoms with Crippen LogP contribution in [0.1, 0.15) is 37.4 Å². The molecule has 0 heterocycles. The van der Waals surface area contributed by atoms with E-state index < -0.39 is 10.0 Å². The number of halogens is 1. The Kier molecular flexibility index (Phi) is 9.30. The second kappa shape index (κ2) is 11.5. The summed E-state index contributed by atoms with van der Waals surface area (Å²) in [5, 5.41) is 3.72. The molecular weight excluding hydrogens is 422 g/mol. The molecule has 30 heavy (non-hydrogen) atoms. The van der Waals surface area contributed by atoms with E-state index in [1.807, 2.05) is 24.3 Å². The van der Waals surface area contributed by atoms with E-state index in [9.17, 15) is 13.2 Å². The van der Waals surface area contributed by atoms with Crippen LogP contribution in [0.2, 0.25) is 5.02 Å². The molecule has 0 fully saturated rings. The molecular formula is C22H30ClN3O3S. The minimum Gasteiger partial charge on any atom is -0.354 e. The molecule has 0 radical (unpaired) electrons. The van der Waals surface area contributed by atoms with Crippen LogP contribution in [0.4, 0.5) is 0 Å². The number of amides is 1. The third kappa shape index (κ3) is 6.54. The van der Waals surface area contributed by atoms with Crippen molar-refractivity contribution in [1.82, 2.24) is 14.9 Å². The van der Waals surface area contributed by atoms with Gasteiger partial charge >= 0.3 is 0 Å². The highest BCUT2D eigenvalue weighted by atomic mass is 35.5. The van der Waals surface area contributed by atoms with Gasteiger partial charge in [-0.3, -0.25) is 9.69 Å². The van der Waals surface area contributed by atoms with Gasteiger partial charge in [-0.25, -0.2) is 13.1 Å². The van der Waals surface area contributed by atoms with Crippen molar-refractivity contribution in [2.45, 2.75) is 37.6 Å². The number of nitrogens with zero attached hydrogens (tertiary/aromatic N) is 1. The van der Waals surface area contributed by atoms with Crippen molar-refractivity contribution in [2.24, 2.45) is 0 Å². The predicted molar refractivity (Wildman–Crippen MR) is 121 cm³/mol. The average Bonchev–Trinajstić information content (AvgIpc) is 2.76. The summed E-state index contributed by atoms with van der Waals surface area (Å²) < 4.78 is 25.9. The van der Waals surface area contributed by atoms with E-state index in [4.69, 9.17) is 11.6 Å². The number of aryl methyl sites for hydroxylation is 1. The first-order valence-electron chi connectivity index (χ1n) is 10.1. The van der Waals surface area contributed by atoms with Crippen LogP contribution in [0.25, 0.3) is 0 Å². The number of likely N-dealkylation sites (N-methyl/N-ethyl adjacent to an activating group) is 1. The molecule has 8 heteroatoms. The van der Waals surface area contributed by atoms with E-state index in [1.54, 1.807) is 24.3 Å². The van der Waals surface area contributed by atoms with Crippen molar-refractivity contribution < 1.29 is 13.2 Å². The molecule has 1 amide bonds. The number of carbonyl (C=O) groups is 1. The van der Waals surface area contributed by atoms with Crippen LogP contribution in [0.15, 0.2) is 53.4 Å². The summed E-state index contributed by atoms with van der Waals surface area (Å²) in [6, 6.07) is 14.3. The molecule has 0 bridgehead atoms. The highest BCUT2D eigenvalue weighted by molar-refractivity contribution is 7.89. The van der Waals surface area contributed by atoms with Gasteiger partial charge in [0, 0.05) is 18.0 Å². The lowest BCUT2D eigenvalue weighted by Gasteiger charge is -2.31. The zero-order chi connectivity index (χ0) is 22.1. The number of sulfonamides is 1. The molecule has 0 aliphatic rings. The summed E-state index contributed by atoms with van der Waals surface area (Å²) in [6.07, 6.45) is 0.860. The quantitative estimate of drug-likeness (QED) is 0.549. The Morgan fingerprint density at radius 1 is 1.07 bits per heavy atom. The van der Waals surface area contributed by atoms with E-state index in [2.05, 4.69) is 28.8 Å². The Morgan fingerprint density at radius 3 is 2.27 bits per heavy atom. The molecule has 2 N–H and O–H groups in total. The molecule has 2 aromatic carbocycles. The normalized spacial score (nSPS) is 12.7. The number of benzene rings is 2. The van der Waals surface area contributed by atoms with Crippen molar-refractivity contribution in [3.05, 3.63) is 64.7 Å². The van der Waals surface area contributed by atoms with E-state index in [-0.39, 0.29) is 16.8 Å². The second-order valence-electron chi connectivity index (χ2n) is 6.91. The summed E-state index contributed by atoms with van der Waals surface area (Å²) in [5.74, 6) is -0.0499. The Hall–Kier alpha value is -1.93. The van der Waals surface area contributed by atoms with Crippen molar-refractivity contribution >= 4 is 27.5 Å². The molecule has 0 aliphatic carbocycles. The van der Waals surface area contributed by atoms with Crippen molar-refractivity contribution in [2.75, 3.05) is 26.7 Å². The van der Waals surface area contributed by atoms with Gasteiger partial charge in [-0.05, 0) is 55.9 Å². The van der Waals surface area contributed by atoms with Gasteiger partial charge < -0.3 is 5.32 Å². The zero-order valence-corrected chi connectivity index (χ0v) is 19.3. The number of carbonyl (C=O) groups excluding carboxylic acids is 1. The number of hydrogen-bond acceptors (Lipinski definition) is 4. The summed E-state index contributed by atoms with van der Waals surface area (Å²) in [7, 11) is -2.08. The van der Waals surface area contributed by atoms with E-state index >= 15 is 0 Å². The maximum atomic E-state index is 12.4. The molecule has 6 nitrogen and oxygen atoms in total. The molecule has 2 rings (SSSR count). The Labute approximate surface area is 184 Å². The molecule has 0 aliphatic heterocycles. The number of nitrogens with one attached hydrogen (secondary N) is 2. The molecule has 1 atom stereocenters. The summed E-state index contributed by atoms with van der Waals surface area (Å²) in [6.45, 7) is 6.36. The molecule has 0 saturated carbocycles. The van der Waals surface area contributed by atoms with Crippen LogP contribution >= 0.6 is 11.6 Å². The van der Waals surface area contributed by atoms with Crippen molar-refractivity contribution in [3.63, 3.8) is 0 Å². The molecule has 1 unspecified atom stereocenters. The lowest BCUT2D eigenvalue weighted by atomic mass is 10.0. The fourth-order valence-electron chi connectivity index (χ4n) is 3.36. The lowest BCUT2D eigenvalue weighted by molar-refractivity contribution is -0.121. The van der Waals surface area contributed by atoms with E-state index in [0.717, 1.165) is 24.2 Å². The van der Waals surface area contributed by atoms with Gasteiger partial charge in [0.25, 0.3) is 0 Å². The first-order valence-corrected chi connectivity index (χ1v) is 12.0. The largest absolute Gasteiger partial charge is 0.354 e.